The fourth-order valence-corrected chi connectivity index (χ4v) is 3.91. The average Bonchev–Trinajstić information content (AvgIpc) is 2.85. The Balaban J connectivity index is 1.53. The summed E-state index contributed by atoms with van der Waals surface area (Å²) in [6.07, 6.45) is -0.0312. The van der Waals surface area contributed by atoms with Gasteiger partial charge in [-0.05, 0) is 42.8 Å². The minimum atomic E-state index is -1.31. The van der Waals surface area contributed by atoms with Gasteiger partial charge in [0.1, 0.15) is 6.04 Å². The summed E-state index contributed by atoms with van der Waals surface area (Å²) in [6, 6.07) is 11.8. The molecule has 4 rings (SSSR count). The Hall–Kier alpha value is -3.55. The number of ether oxygens (including phenoxy) is 1. The van der Waals surface area contributed by atoms with Gasteiger partial charge in [0.15, 0.2) is 0 Å². The molecule has 1 aromatic heterocycles. The Bertz CT molecular complexity index is 1280. The van der Waals surface area contributed by atoms with Gasteiger partial charge in [-0.3, -0.25) is 24.3 Å². The summed E-state index contributed by atoms with van der Waals surface area (Å²) in [5.74, 6) is 5.32. The van der Waals surface area contributed by atoms with Crippen LogP contribution in [0, 0.1) is 11.8 Å². The molecule has 2 heterocycles. The highest BCUT2D eigenvalue weighted by molar-refractivity contribution is 5.82. The van der Waals surface area contributed by atoms with Gasteiger partial charge in [-0.15, -0.1) is 0 Å². The number of nitrogens with one attached hydrogen (secondary N) is 1. The van der Waals surface area contributed by atoms with Crippen molar-refractivity contribution in [1.29, 1.82) is 0 Å². The van der Waals surface area contributed by atoms with Gasteiger partial charge in [0.25, 0.3) is 11.5 Å². The highest BCUT2D eigenvalue weighted by Crippen LogP contribution is 2.14. The number of carbonyl (C=O) groups excluding carboxylic acids is 1. The van der Waals surface area contributed by atoms with Crippen molar-refractivity contribution in [3.8, 4) is 11.8 Å². The molecule has 9 heteroatoms. The van der Waals surface area contributed by atoms with Crippen LogP contribution in [0.25, 0.3) is 10.9 Å². The van der Waals surface area contributed by atoms with Crippen LogP contribution in [0.4, 0.5) is 0 Å². The maximum absolute atomic E-state index is 12.9. The summed E-state index contributed by atoms with van der Waals surface area (Å²) in [5.41, 5.74) is 4.18. The molecule has 9 nitrogen and oxygen atoms in total. The molecular formula is C25H26N4O5. The van der Waals surface area contributed by atoms with E-state index in [0.717, 1.165) is 43.0 Å². The summed E-state index contributed by atoms with van der Waals surface area (Å²) in [5, 5.41) is 19.1. The summed E-state index contributed by atoms with van der Waals surface area (Å²) < 4.78 is 6.39. The van der Waals surface area contributed by atoms with E-state index in [9.17, 15) is 14.7 Å². The van der Waals surface area contributed by atoms with Crippen molar-refractivity contribution in [3.63, 3.8) is 0 Å². The molecule has 1 aliphatic heterocycles. The lowest BCUT2D eigenvalue weighted by Gasteiger charge is -2.26. The predicted octanol–water partition coefficient (Wildman–Crippen LogP) is 1.06. The molecule has 2 atom stereocenters. The zero-order valence-corrected chi connectivity index (χ0v) is 18.8. The van der Waals surface area contributed by atoms with Gasteiger partial charge in [0, 0.05) is 30.8 Å². The number of aromatic nitrogens is 2. The largest absolute Gasteiger partial charge is 0.391 e. The zero-order chi connectivity index (χ0) is 24.1. The molecule has 0 aliphatic carbocycles. The minimum absolute atomic E-state index is 0.275. The Morgan fingerprint density at radius 1 is 1.15 bits per heavy atom. The van der Waals surface area contributed by atoms with Crippen LogP contribution in [0.5, 0.6) is 0 Å². The Labute approximate surface area is 196 Å². The lowest BCUT2D eigenvalue weighted by Crippen LogP contribution is -2.41. The van der Waals surface area contributed by atoms with E-state index in [0.29, 0.717) is 11.1 Å². The molecule has 0 saturated carbocycles. The number of amides is 1. The Morgan fingerprint density at radius 2 is 1.82 bits per heavy atom. The highest BCUT2D eigenvalue weighted by atomic mass is 16.5. The number of aliphatic hydroxyl groups is 1. The maximum Gasteiger partial charge on any atom is 0.269 e. The lowest BCUT2D eigenvalue weighted by atomic mass is 10.1. The number of carbonyl (C=O) groups is 1. The first-order chi connectivity index (χ1) is 16.5. The molecule has 1 fully saturated rings. The van der Waals surface area contributed by atoms with E-state index in [1.807, 2.05) is 12.1 Å². The standard InChI is InChI=1S/C25H26N4O5/c1-17(30)23(24(31)27-33)29-16-26-22-14-19(8-9-21(22)25(29)32)5-2-18-3-6-20(7-4-18)15-28-10-12-34-13-11-28/h3-4,6-9,14,16-17,23,30,33H,10-13,15H2,1H3,(H,27,31). The maximum atomic E-state index is 12.9. The third-order valence-corrected chi connectivity index (χ3v) is 5.73. The van der Waals surface area contributed by atoms with Gasteiger partial charge in [-0.2, -0.15) is 0 Å². The second-order valence-corrected chi connectivity index (χ2v) is 8.19. The third-order valence-electron chi connectivity index (χ3n) is 5.73. The molecule has 3 aromatic rings. The number of rotatable bonds is 5. The molecule has 2 unspecified atom stereocenters. The number of hydrogen-bond acceptors (Lipinski definition) is 7. The van der Waals surface area contributed by atoms with Crippen LogP contribution >= 0.6 is 0 Å². The van der Waals surface area contributed by atoms with Crippen LogP contribution < -0.4 is 11.0 Å². The number of aliphatic hydroxyl groups excluding tert-OH is 1. The van der Waals surface area contributed by atoms with Crippen molar-refractivity contribution in [2.45, 2.75) is 25.6 Å². The van der Waals surface area contributed by atoms with E-state index in [4.69, 9.17) is 9.94 Å². The molecule has 0 radical (unpaired) electrons. The molecule has 0 bridgehead atoms. The van der Waals surface area contributed by atoms with Crippen LogP contribution in [-0.2, 0) is 16.1 Å². The summed E-state index contributed by atoms with van der Waals surface area (Å²) in [4.78, 5) is 31.4. The summed E-state index contributed by atoms with van der Waals surface area (Å²) in [6.45, 7) is 5.67. The van der Waals surface area contributed by atoms with Crippen LogP contribution in [-0.4, -0.2) is 63.1 Å². The smallest absolute Gasteiger partial charge is 0.269 e. The average molecular weight is 463 g/mol. The monoisotopic (exact) mass is 462 g/mol. The molecule has 1 aliphatic rings. The van der Waals surface area contributed by atoms with Gasteiger partial charge in [0.05, 0.1) is 36.5 Å². The third kappa shape index (κ3) is 5.32. The SMILES string of the molecule is CC(O)C(C(=O)NO)n1cnc2cc(C#Cc3ccc(CN4CCOCC4)cc3)ccc2c1=O. The van der Waals surface area contributed by atoms with Crippen LogP contribution in [0.15, 0.2) is 53.6 Å². The molecule has 34 heavy (non-hydrogen) atoms. The molecule has 2 aromatic carbocycles. The quantitative estimate of drug-likeness (QED) is 0.295. The van der Waals surface area contributed by atoms with E-state index in [1.165, 1.54) is 24.3 Å². The second kappa shape index (κ2) is 10.6. The predicted molar refractivity (Wildman–Crippen MR) is 125 cm³/mol. The lowest BCUT2D eigenvalue weighted by molar-refractivity contribution is -0.135. The number of hydroxylamine groups is 1. The number of hydrogen-bond donors (Lipinski definition) is 3. The van der Waals surface area contributed by atoms with Crippen molar-refractivity contribution in [1.82, 2.24) is 19.9 Å². The first-order valence-corrected chi connectivity index (χ1v) is 11.0. The fourth-order valence-electron chi connectivity index (χ4n) is 3.91. The summed E-state index contributed by atoms with van der Waals surface area (Å²) in [7, 11) is 0. The molecule has 1 saturated heterocycles. The van der Waals surface area contributed by atoms with Crippen molar-refractivity contribution < 1.29 is 19.8 Å². The van der Waals surface area contributed by atoms with Crippen molar-refractivity contribution >= 4 is 16.8 Å². The number of fused-ring (bicyclic) bond motifs is 1. The Kier molecular flexibility index (Phi) is 7.35. The first kappa shape index (κ1) is 23.6. The molecule has 1 amide bonds. The van der Waals surface area contributed by atoms with Crippen molar-refractivity contribution in [3.05, 3.63) is 75.8 Å². The van der Waals surface area contributed by atoms with Crippen molar-refractivity contribution in [2.75, 3.05) is 26.3 Å². The topological polar surface area (TPSA) is 117 Å². The molecule has 3 N–H and O–H groups in total. The minimum Gasteiger partial charge on any atom is -0.391 e. The number of morpholine rings is 1. The molecular weight excluding hydrogens is 436 g/mol. The van der Waals surface area contributed by atoms with Gasteiger partial charge < -0.3 is 9.84 Å². The van der Waals surface area contributed by atoms with E-state index in [1.54, 1.807) is 18.2 Å². The van der Waals surface area contributed by atoms with Gasteiger partial charge in [-0.25, -0.2) is 10.5 Å². The van der Waals surface area contributed by atoms with Crippen LogP contribution in [0.3, 0.4) is 0 Å². The van der Waals surface area contributed by atoms with Gasteiger partial charge in [-0.1, -0.05) is 24.0 Å². The van der Waals surface area contributed by atoms with E-state index < -0.39 is 23.6 Å². The van der Waals surface area contributed by atoms with E-state index >= 15 is 0 Å². The van der Waals surface area contributed by atoms with Gasteiger partial charge in [0.2, 0.25) is 0 Å². The normalized spacial score (nSPS) is 15.9. The van der Waals surface area contributed by atoms with Gasteiger partial charge >= 0.3 is 0 Å². The van der Waals surface area contributed by atoms with Crippen molar-refractivity contribution in [2.24, 2.45) is 0 Å². The zero-order valence-electron chi connectivity index (χ0n) is 18.8. The molecule has 0 spiro atoms. The van der Waals surface area contributed by atoms with E-state index in [2.05, 4.69) is 33.9 Å². The highest BCUT2D eigenvalue weighted by Gasteiger charge is 2.27. The van der Waals surface area contributed by atoms with Crippen LogP contribution in [0.1, 0.15) is 29.7 Å². The number of benzene rings is 2. The Morgan fingerprint density at radius 3 is 2.50 bits per heavy atom. The fraction of sp³-hybridized carbons (Fsp3) is 0.320. The van der Waals surface area contributed by atoms with E-state index in [-0.39, 0.29) is 5.39 Å². The first-order valence-electron chi connectivity index (χ1n) is 11.0. The van der Waals surface area contributed by atoms with Crippen LogP contribution in [0.2, 0.25) is 0 Å². The number of nitrogens with zero attached hydrogens (tertiary/aromatic N) is 3. The molecule has 176 valence electrons. The second-order valence-electron chi connectivity index (χ2n) is 8.19. The summed E-state index contributed by atoms with van der Waals surface area (Å²) >= 11 is 0.